The Hall–Kier alpha value is -3.27. The van der Waals surface area contributed by atoms with Gasteiger partial charge in [-0.1, -0.05) is 292 Å². The molecule has 0 bridgehead atoms. The first kappa shape index (κ1) is 75.7. The summed E-state index contributed by atoms with van der Waals surface area (Å²) in [6, 6.07) is 0. The predicted octanol–water partition coefficient (Wildman–Crippen LogP) is 20.1. The number of allylic oxidation sites excluding steroid dienone is 12. The first-order valence-electron chi connectivity index (χ1n) is 33.1. The summed E-state index contributed by atoms with van der Waals surface area (Å²) in [5.74, 6) is -2.06. The van der Waals surface area contributed by atoms with Crippen LogP contribution in [0.1, 0.15) is 296 Å². The summed E-state index contributed by atoms with van der Waals surface area (Å²) in [5, 5.41) is 9.72. The van der Waals surface area contributed by atoms with Crippen molar-refractivity contribution in [2.45, 2.75) is 309 Å². The Labute approximate surface area is 487 Å². The maximum Gasteiger partial charge on any atom is 0.361 e. The van der Waals surface area contributed by atoms with E-state index in [0.29, 0.717) is 23.9 Å². The van der Waals surface area contributed by atoms with Crippen LogP contribution in [-0.2, 0) is 33.3 Å². The van der Waals surface area contributed by atoms with E-state index in [4.69, 9.17) is 18.9 Å². The van der Waals surface area contributed by atoms with Crippen LogP contribution in [0, 0.1) is 0 Å². The van der Waals surface area contributed by atoms with Crippen molar-refractivity contribution in [2.75, 3.05) is 47.5 Å². The zero-order valence-corrected chi connectivity index (χ0v) is 52.3. The largest absolute Gasteiger partial charge is 0.477 e. The van der Waals surface area contributed by atoms with Crippen molar-refractivity contribution in [1.29, 1.82) is 0 Å². The van der Waals surface area contributed by atoms with E-state index in [9.17, 15) is 19.5 Å². The molecule has 0 aliphatic heterocycles. The summed E-state index contributed by atoms with van der Waals surface area (Å²) in [6.45, 7) is 4.74. The van der Waals surface area contributed by atoms with Crippen LogP contribution in [0.15, 0.2) is 72.9 Å². The summed E-state index contributed by atoms with van der Waals surface area (Å²) >= 11 is 0. The zero-order chi connectivity index (χ0) is 57.6. The Bertz CT molecular complexity index is 1520. The molecular formula is C70H126NO8+. The van der Waals surface area contributed by atoms with Crippen molar-refractivity contribution in [2.24, 2.45) is 0 Å². The fourth-order valence-electron chi connectivity index (χ4n) is 9.43. The zero-order valence-electron chi connectivity index (χ0n) is 52.3. The van der Waals surface area contributed by atoms with Gasteiger partial charge < -0.3 is 28.5 Å². The fourth-order valence-corrected chi connectivity index (χ4v) is 9.43. The molecule has 0 aromatic heterocycles. The third-order valence-electron chi connectivity index (χ3n) is 14.5. The van der Waals surface area contributed by atoms with Gasteiger partial charge >= 0.3 is 17.9 Å². The number of unbranched alkanes of at least 4 members (excludes halogenated alkanes) is 34. The number of carbonyl (C=O) groups excluding carboxylic acids is 2. The molecule has 0 aliphatic carbocycles. The van der Waals surface area contributed by atoms with Crippen LogP contribution in [0.5, 0.6) is 0 Å². The van der Waals surface area contributed by atoms with Crippen LogP contribution in [0.3, 0.4) is 0 Å². The van der Waals surface area contributed by atoms with Gasteiger partial charge in [0.25, 0.3) is 6.29 Å². The molecule has 0 rings (SSSR count). The predicted molar refractivity (Wildman–Crippen MR) is 336 cm³/mol. The van der Waals surface area contributed by atoms with Crippen molar-refractivity contribution >= 4 is 17.9 Å². The molecule has 9 nitrogen and oxygen atoms in total. The maximum atomic E-state index is 12.9. The van der Waals surface area contributed by atoms with Gasteiger partial charge in [-0.2, -0.15) is 0 Å². The van der Waals surface area contributed by atoms with Crippen LogP contribution in [0.2, 0.25) is 0 Å². The molecule has 0 amide bonds. The Morgan fingerprint density at radius 2 is 0.722 bits per heavy atom. The smallest absolute Gasteiger partial charge is 0.361 e. The standard InChI is InChI=1S/C70H125NO8/c1-6-8-10-12-14-16-18-20-22-24-26-28-29-30-31-32-33-34-35-36-37-38-39-41-42-44-46-48-50-52-54-56-58-60-67(72)77-64-66(65-78-70(69(74)75)76-63-62-71(3,4)5)79-68(73)61-59-57-55-53-51-49-47-45-43-40-27-25-23-21-19-17-15-13-11-9-7-2/h9,11,15,17,21,23,27,40,45,47,51,53,66,70H,6-8,10,12-14,16,18-20,22,24-26,28-39,41-44,46,48-50,52,54-65H2,1-5H3/p+1/b11-9-,17-15-,23-21-,40-27-,47-45-,53-51-. The molecule has 0 saturated heterocycles. The van der Waals surface area contributed by atoms with Gasteiger partial charge in [-0.25, -0.2) is 4.79 Å². The Morgan fingerprint density at radius 1 is 0.392 bits per heavy atom. The molecule has 9 heteroatoms. The number of hydrogen-bond donors (Lipinski definition) is 1. The van der Waals surface area contributed by atoms with Gasteiger partial charge in [-0.3, -0.25) is 9.59 Å². The third-order valence-corrected chi connectivity index (χ3v) is 14.5. The molecule has 0 fully saturated rings. The van der Waals surface area contributed by atoms with Crippen molar-refractivity contribution in [3.05, 3.63) is 72.9 Å². The Morgan fingerprint density at radius 3 is 1.08 bits per heavy atom. The van der Waals surface area contributed by atoms with E-state index < -0.39 is 24.3 Å². The van der Waals surface area contributed by atoms with Crippen LogP contribution in [0.25, 0.3) is 0 Å². The molecule has 79 heavy (non-hydrogen) atoms. The van der Waals surface area contributed by atoms with Crippen LogP contribution in [-0.4, -0.2) is 87.4 Å². The molecule has 2 atom stereocenters. The highest BCUT2D eigenvalue weighted by molar-refractivity contribution is 5.71. The van der Waals surface area contributed by atoms with E-state index in [1.165, 1.54) is 193 Å². The second-order valence-corrected chi connectivity index (χ2v) is 23.4. The molecule has 0 spiro atoms. The minimum absolute atomic E-state index is 0.177. The highest BCUT2D eigenvalue weighted by Gasteiger charge is 2.25. The van der Waals surface area contributed by atoms with Gasteiger partial charge in [0.1, 0.15) is 13.2 Å². The van der Waals surface area contributed by atoms with Crippen molar-refractivity contribution < 1.29 is 42.9 Å². The third kappa shape index (κ3) is 62.2. The normalized spacial score (nSPS) is 13.2. The van der Waals surface area contributed by atoms with E-state index in [-0.39, 0.29) is 32.2 Å². The molecule has 0 aromatic rings. The van der Waals surface area contributed by atoms with Crippen LogP contribution < -0.4 is 0 Å². The molecule has 0 heterocycles. The average molecular weight is 1110 g/mol. The molecule has 0 saturated carbocycles. The number of carbonyl (C=O) groups is 3. The number of esters is 2. The number of quaternary nitrogens is 1. The van der Waals surface area contributed by atoms with E-state index in [1.807, 2.05) is 21.1 Å². The van der Waals surface area contributed by atoms with E-state index in [1.54, 1.807) is 0 Å². The minimum Gasteiger partial charge on any atom is -0.477 e. The Balaban J connectivity index is 4.12. The van der Waals surface area contributed by atoms with Gasteiger partial charge in [0.15, 0.2) is 6.10 Å². The number of hydrogen-bond acceptors (Lipinski definition) is 7. The number of carboxylic acids is 1. The number of ether oxygens (including phenoxy) is 4. The first-order chi connectivity index (χ1) is 38.6. The summed E-state index contributed by atoms with van der Waals surface area (Å²) < 4.78 is 22.9. The van der Waals surface area contributed by atoms with Crippen LogP contribution >= 0.6 is 0 Å². The van der Waals surface area contributed by atoms with E-state index in [2.05, 4.69) is 86.8 Å². The fraction of sp³-hybridized carbons (Fsp3) is 0.786. The first-order valence-corrected chi connectivity index (χ1v) is 33.1. The lowest BCUT2D eigenvalue weighted by Gasteiger charge is -2.25. The number of carboxylic acid groups (broad SMARTS) is 1. The van der Waals surface area contributed by atoms with Gasteiger partial charge in [-0.15, -0.1) is 0 Å². The van der Waals surface area contributed by atoms with Crippen molar-refractivity contribution in [3.63, 3.8) is 0 Å². The molecule has 0 aromatic carbocycles. The number of likely N-dealkylation sites (N-methyl/N-ethyl adjacent to an activating group) is 1. The number of aliphatic carboxylic acids is 1. The maximum absolute atomic E-state index is 12.9. The summed E-state index contributed by atoms with van der Waals surface area (Å²) in [4.78, 5) is 37.5. The van der Waals surface area contributed by atoms with Crippen molar-refractivity contribution in [3.8, 4) is 0 Å². The number of rotatable bonds is 61. The SMILES string of the molecule is CC/C=C\C/C=C\C/C=C\C/C=C\C/C=C\C/C=C\CCCCC(=O)OC(COC(=O)CCCCCCCCCCCCCCCCCCCCCCCCCCCCCCCCCCC)COC(OCC[N+](C)(C)C)C(=O)O. The van der Waals surface area contributed by atoms with Gasteiger partial charge in [0.2, 0.25) is 0 Å². The minimum atomic E-state index is -1.53. The second kappa shape index (κ2) is 60.8. The van der Waals surface area contributed by atoms with Gasteiger partial charge in [0.05, 0.1) is 34.4 Å². The molecule has 458 valence electrons. The summed E-state index contributed by atoms with van der Waals surface area (Å²) in [6.07, 6.45) is 77.4. The second-order valence-electron chi connectivity index (χ2n) is 23.4. The van der Waals surface area contributed by atoms with E-state index in [0.717, 1.165) is 70.6 Å². The molecule has 2 unspecified atom stereocenters. The van der Waals surface area contributed by atoms with E-state index >= 15 is 0 Å². The summed E-state index contributed by atoms with van der Waals surface area (Å²) in [7, 11) is 5.96. The molecule has 1 N–H and O–H groups in total. The molecule has 0 radical (unpaired) electrons. The lowest BCUT2D eigenvalue weighted by atomic mass is 10.0. The van der Waals surface area contributed by atoms with Gasteiger partial charge in [-0.05, 0) is 64.2 Å². The average Bonchev–Trinajstić information content (AvgIpc) is 3.42. The highest BCUT2D eigenvalue weighted by atomic mass is 16.7. The van der Waals surface area contributed by atoms with Crippen LogP contribution in [0.4, 0.5) is 0 Å². The topological polar surface area (TPSA) is 108 Å². The van der Waals surface area contributed by atoms with Gasteiger partial charge in [0, 0.05) is 12.8 Å². The summed E-state index contributed by atoms with van der Waals surface area (Å²) in [5.41, 5.74) is 0. The lowest BCUT2D eigenvalue weighted by molar-refractivity contribution is -0.870. The highest BCUT2D eigenvalue weighted by Crippen LogP contribution is 2.18. The lowest BCUT2D eigenvalue weighted by Crippen LogP contribution is -2.40. The molecular weight excluding hydrogens is 983 g/mol. The number of nitrogens with zero attached hydrogens (tertiary/aromatic N) is 1. The Kier molecular flexibility index (Phi) is 58.3. The van der Waals surface area contributed by atoms with Crippen molar-refractivity contribution in [1.82, 2.24) is 0 Å². The quantitative estimate of drug-likeness (QED) is 0.0211. The monoisotopic (exact) mass is 1110 g/mol. The molecule has 0 aliphatic rings.